The molecule has 1 unspecified atom stereocenters. The van der Waals surface area contributed by atoms with Crippen LogP contribution >= 0.6 is 0 Å². The van der Waals surface area contributed by atoms with E-state index in [0.29, 0.717) is 6.54 Å². The van der Waals surface area contributed by atoms with Crippen LogP contribution in [0.25, 0.3) is 0 Å². The number of nitrogens with two attached hydrogens (primary N) is 2. The quantitative estimate of drug-likeness (QED) is 0.373. The molecule has 0 aliphatic carbocycles. The van der Waals surface area contributed by atoms with Gasteiger partial charge in [0, 0.05) is 13.6 Å². The first-order chi connectivity index (χ1) is 9.31. The Bertz CT molecular complexity index is 385. The summed E-state index contributed by atoms with van der Waals surface area (Å²) in [5, 5.41) is 4.60. The Hall–Kier alpha value is -2.16. The molecule has 0 aromatic rings. The maximum absolute atomic E-state index is 11.8. The molecule has 9 heteroatoms. The van der Waals surface area contributed by atoms with Crippen LogP contribution in [0.4, 0.5) is 0 Å². The summed E-state index contributed by atoms with van der Waals surface area (Å²) < 4.78 is 0. The Morgan fingerprint density at radius 3 is 2.30 bits per heavy atom. The SMILES string of the molecule is CCN(C)C(=O)CNC(=O)C(CC(N)=O)NC(=O)CN. The molecule has 0 fully saturated rings. The van der Waals surface area contributed by atoms with Gasteiger partial charge >= 0.3 is 0 Å². The van der Waals surface area contributed by atoms with Crippen LogP contribution in [-0.4, -0.2) is 61.3 Å². The fraction of sp³-hybridized carbons (Fsp3) is 0.636. The van der Waals surface area contributed by atoms with Crippen molar-refractivity contribution >= 4 is 23.6 Å². The van der Waals surface area contributed by atoms with E-state index in [0.717, 1.165) is 0 Å². The van der Waals surface area contributed by atoms with E-state index in [2.05, 4.69) is 10.6 Å². The van der Waals surface area contributed by atoms with Crippen molar-refractivity contribution in [1.29, 1.82) is 0 Å². The van der Waals surface area contributed by atoms with E-state index in [9.17, 15) is 19.2 Å². The highest BCUT2D eigenvalue weighted by molar-refractivity contribution is 5.93. The number of carbonyl (C=O) groups excluding carboxylic acids is 4. The molecule has 0 spiro atoms. The van der Waals surface area contributed by atoms with Crippen LogP contribution in [0.2, 0.25) is 0 Å². The highest BCUT2D eigenvalue weighted by Crippen LogP contribution is 1.92. The zero-order valence-corrected chi connectivity index (χ0v) is 11.6. The molecule has 0 radical (unpaired) electrons. The van der Waals surface area contributed by atoms with Crippen LogP contribution in [0.1, 0.15) is 13.3 Å². The summed E-state index contributed by atoms with van der Waals surface area (Å²) in [5.74, 6) is -2.30. The molecule has 0 saturated carbocycles. The molecule has 0 saturated heterocycles. The normalized spacial score (nSPS) is 11.3. The zero-order chi connectivity index (χ0) is 15.7. The van der Waals surface area contributed by atoms with E-state index in [-0.39, 0.29) is 25.4 Å². The summed E-state index contributed by atoms with van der Waals surface area (Å²) in [5.41, 5.74) is 10.1. The Morgan fingerprint density at radius 1 is 1.25 bits per heavy atom. The van der Waals surface area contributed by atoms with E-state index >= 15 is 0 Å². The van der Waals surface area contributed by atoms with Crippen molar-refractivity contribution in [2.24, 2.45) is 11.5 Å². The summed E-state index contributed by atoms with van der Waals surface area (Å²) in [6.07, 6.45) is -0.366. The summed E-state index contributed by atoms with van der Waals surface area (Å²) in [6, 6.07) is -1.14. The third-order valence-corrected chi connectivity index (χ3v) is 2.56. The van der Waals surface area contributed by atoms with Gasteiger partial charge in [-0.25, -0.2) is 0 Å². The van der Waals surface area contributed by atoms with E-state index in [1.165, 1.54) is 4.90 Å². The van der Waals surface area contributed by atoms with E-state index < -0.39 is 23.8 Å². The molecule has 114 valence electrons. The predicted octanol–water partition coefficient (Wildman–Crippen LogP) is -3.10. The topological polar surface area (TPSA) is 148 Å². The van der Waals surface area contributed by atoms with Gasteiger partial charge in [-0.1, -0.05) is 0 Å². The summed E-state index contributed by atoms with van der Waals surface area (Å²) in [4.78, 5) is 46.8. The van der Waals surface area contributed by atoms with Crippen LogP contribution in [0, 0.1) is 0 Å². The number of primary amides is 1. The summed E-state index contributed by atoms with van der Waals surface area (Å²) in [6.45, 7) is 1.75. The molecular formula is C11H21N5O4. The van der Waals surface area contributed by atoms with Crippen molar-refractivity contribution in [3.8, 4) is 0 Å². The lowest BCUT2D eigenvalue weighted by Crippen LogP contribution is -2.51. The molecule has 4 amide bonds. The lowest BCUT2D eigenvalue weighted by atomic mass is 10.2. The average molecular weight is 287 g/mol. The van der Waals surface area contributed by atoms with Crippen molar-refractivity contribution in [3.05, 3.63) is 0 Å². The molecule has 0 aromatic carbocycles. The fourth-order valence-electron chi connectivity index (χ4n) is 1.26. The number of nitrogens with one attached hydrogen (secondary N) is 2. The van der Waals surface area contributed by atoms with E-state index in [4.69, 9.17) is 11.5 Å². The minimum atomic E-state index is -1.14. The van der Waals surface area contributed by atoms with Crippen molar-refractivity contribution in [1.82, 2.24) is 15.5 Å². The fourth-order valence-corrected chi connectivity index (χ4v) is 1.26. The van der Waals surface area contributed by atoms with Gasteiger partial charge in [0.1, 0.15) is 6.04 Å². The molecular weight excluding hydrogens is 266 g/mol. The van der Waals surface area contributed by atoms with Gasteiger partial charge in [0.25, 0.3) is 0 Å². The van der Waals surface area contributed by atoms with Crippen LogP contribution in [-0.2, 0) is 19.2 Å². The van der Waals surface area contributed by atoms with Gasteiger partial charge in [0.15, 0.2) is 0 Å². The van der Waals surface area contributed by atoms with Gasteiger partial charge < -0.3 is 27.0 Å². The molecule has 1 atom stereocenters. The molecule has 0 bridgehead atoms. The van der Waals surface area contributed by atoms with Gasteiger partial charge in [-0.3, -0.25) is 19.2 Å². The van der Waals surface area contributed by atoms with Crippen molar-refractivity contribution in [2.45, 2.75) is 19.4 Å². The number of amides is 4. The lowest BCUT2D eigenvalue weighted by Gasteiger charge is -2.18. The summed E-state index contributed by atoms with van der Waals surface area (Å²) >= 11 is 0. The van der Waals surface area contributed by atoms with Crippen LogP contribution < -0.4 is 22.1 Å². The lowest BCUT2D eigenvalue weighted by molar-refractivity contribution is -0.133. The molecule has 0 aliphatic rings. The number of carbonyl (C=O) groups is 4. The molecule has 9 nitrogen and oxygen atoms in total. The Labute approximate surface area is 117 Å². The van der Waals surface area contributed by atoms with Crippen molar-refractivity contribution in [3.63, 3.8) is 0 Å². The molecule has 20 heavy (non-hydrogen) atoms. The number of nitrogens with zero attached hydrogens (tertiary/aromatic N) is 1. The second kappa shape index (κ2) is 8.86. The molecule has 0 rings (SSSR count). The van der Waals surface area contributed by atoms with Gasteiger partial charge in [-0.2, -0.15) is 0 Å². The van der Waals surface area contributed by atoms with Crippen LogP contribution in [0.5, 0.6) is 0 Å². The maximum atomic E-state index is 11.8. The standard InChI is InChI=1S/C11H21N5O4/c1-3-16(2)10(19)6-14-11(20)7(4-8(13)17)15-9(18)5-12/h7H,3-6,12H2,1-2H3,(H2,13,17)(H,14,20)(H,15,18). The smallest absolute Gasteiger partial charge is 0.243 e. The highest BCUT2D eigenvalue weighted by atomic mass is 16.2. The minimum absolute atomic E-state index is 0.225. The number of rotatable bonds is 8. The van der Waals surface area contributed by atoms with E-state index in [1.54, 1.807) is 14.0 Å². The third-order valence-electron chi connectivity index (χ3n) is 2.56. The first kappa shape index (κ1) is 17.8. The van der Waals surface area contributed by atoms with Crippen molar-refractivity contribution in [2.75, 3.05) is 26.7 Å². The van der Waals surface area contributed by atoms with E-state index in [1.807, 2.05) is 0 Å². The third kappa shape index (κ3) is 6.69. The second-order valence-corrected chi connectivity index (χ2v) is 4.12. The number of hydrogen-bond acceptors (Lipinski definition) is 5. The molecule has 0 aliphatic heterocycles. The Balaban J connectivity index is 4.51. The molecule has 0 heterocycles. The predicted molar refractivity (Wildman–Crippen MR) is 71.1 cm³/mol. The number of hydrogen-bond donors (Lipinski definition) is 4. The van der Waals surface area contributed by atoms with Gasteiger partial charge in [-0.05, 0) is 6.92 Å². The minimum Gasteiger partial charge on any atom is -0.370 e. The van der Waals surface area contributed by atoms with Crippen LogP contribution in [0.15, 0.2) is 0 Å². The Kier molecular flexibility index (Phi) is 7.90. The first-order valence-electron chi connectivity index (χ1n) is 6.11. The molecule has 6 N–H and O–H groups in total. The monoisotopic (exact) mass is 287 g/mol. The first-order valence-corrected chi connectivity index (χ1v) is 6.11. The second-order valence-electron chi connectivity index (χ2n) is 4.12. The van der Waals surface area contributed by atoms with Gasteiger partial charge in [-0.15, -0.1) is 0 Å². The Morgan fingerprint density at radius 2 is 1.85 bits per heavy atom. The average Bonchev–Trinajstić information content (AvgIpc) is 2.41. The van der Waals surface area contributed by atoms with Crippen LogP contribution in [0.3, 0.4) is 0 Å². The highest BCUT2D eigenvalue weighted by Gasteiger charge is 2.23. The van der Waals surface area contributed by atoms with Gasteiger partial charge in [0.05, 0.1) is 19.5 Å². The number of likely N-dealkylation sites (N-methyl/N-ethyl adjacent to an activating group) is 1. The zero-order valence-electron chi connectivity index (χ0n) is 11.6. The largest absolute Gasteiger partial charge is 0.370 e. The van der Waals surface area contributed by atoms with Gasteiger partial charge in [0.2, 0.25) is 23.6 Å². The summed E-state index contributed by atoms with van der Waals surface area (Å²) in [7, 11) is 1.59. The van der Waals surface area contributed by atoms with Crippen molar-refractivity contribution < 1.29 is 19.2 Å². The molecule has 0 aromatic heterocycles. The maximum Gasteiger partial charge on any atom is 0.243 e.